The number of aryl methyl sites for hydroxylation is 1. The van der Waals surface area contributed by atoms with Crippen LogP contribution in [0.4, 0.5) is 11.9 Å². The molecular weight excluding hydrogens is 378 g/mol. The van der Waals surface area contributed by atoms with E-state index < -0.39 is 0 Å². The first-order valence-corrected chi connectivity index (χ1v) is 9.26. The largest absolute Gasteiger partial charge is 0.366 e. The standard InChI is InChI=1S/C19H20BrN5/c1-2-12-6-8-13(9-7-12)16-11-17(14-4-3-5-15(20)10-14)25-19(22-16)23-18(21)24-25/h3-10,16-17H,2,11H2,1H3,(H3,21,22,23,24)/t16-,17+/m1/s1. The molecule has 128 valence electrons. The Balaban J connectivity index is 1.73. The van der Waals surface area contributed by atoms with Crippen molar-refractivity contribution in [2.24, 2.45) is 0 Å². The minimum Gasteiger partial charge on any atom is -0.366 e. The maximum absolute atomic E-state index is 5.86. The van der Waals surface area contributed by atoms with Crippen molar-refractivity contribution in [3.8, 4) is 0 Å². The molecule has 0 saturated heterocycles. The van der Waals surface area contributed by atoms with Crippen LogP contribution in [0.1, 0.15) is 42.1 Å². The third-order valence-electron chi connectivity index (χ3n) is 4.73. The van der Waals surface area contributed by atoms with Gasteiger partial charge < -0.3 is 11.1 Å². The van der Waals surface area contributed by atoms with Gasteiger partial charge in [0.2, 0.25) is 11.9 Å². The van der Waals surface area contributed by atoms with E-state index in [9.17, 15) is 0 Å². The molecule has 0 amide bonds. The fourth-order valence-electron chi connectivity index (χ4n) is 3.39. The van der Waals surface area contributed by atoms with Crippen LogP contribution in [0.25, 0.3) is 0 Å². The quantitative estimate of drug-likeness (QED) is 0.689. The van der Waals surface area contributed by atoms with Crippen LogP contribution in [0.5, 0.6) is 0 Å². The number of nitrogens with zero attached hydrogens (tertiary/aromatic N) is 3. The van der Waals surface area contributed by atoms with E-state index in [0.717, 1.165) is 23.3 Å². The minimum absolute atomic E-state index is 0.0920. The van der Waals surface area contributed by atoms with Crippen LogP contribution >= 0.6 is 15.9 Å². The number of fused-ring (bicyclic) bond motifs is 1. The van der Waals surface area contributed by atoms with Gasteiger partial charge in [0.05, 0.1) is 12.1 Å². The highest BCUT2D eigenvalue weighted by atomic mass is 79.9. The summed E-state index contributed by atoms with van der Waals surface area (Å²) in [6, 6.07) is 17.4. The van der Waals surface area contributed by atoms with Gasteiger partial charge in [-0.25, -0.2) is 4.68 Å². The second-order valence-corrected chi connectivity index (χ2v) is 7.25. The van der Waals surface area contributed by atoms with E-state index in [1.165, 1.54) is 16.7 Å². The summed E-state index contributed by atoms with van der Waals surface area (Å²) >= 11 is 3.56. The van der Waals surface area contributed by atoms with Crippen LogP contribution in [-0.2, 0) is 6.42 Å². The summed E-state index contributed by atoms with van der Waals surface area (Å²) in [6.07, 6.45) is 1.93. The topological polar surface area (TPSA) is 68.8 Å². The molecule has 6 heteroatoms. The Morgan fingerprint density at radius 2 is 2.00 bits per heavy atom. The van der Waals surface area contributed by atoms with Crippen LogP contribution in [0.15, 0.2) is 53.0 Å². The highest BCUT2D eigenvalue weighted by molar-refractivity contribution is 9.10. The van der Waals surface area contributed by atoms with E-state index in [1.54, 1.807) is 0 Å². The molecule has 0 saturated carbocycles. The van der Waals surface area contributed by atoms with E-state index in [2.05, 4.69) is 74.7 Å². The minimum atomic E-state index is 0.0920. The number of nitrogen functional groups attached to an aromatic ring is 1. The van der Waals surface area contributed by atoms with Gasteiger partial charge in [-0.15, -0.1) is 5.10 Å². The first kappa shape index (κ1) is 16.1. The summed E-state index contributed by atoms with van der Waals surface area (Å²) in [5.74, 6) is 1.02. The molecule has 2 aromatic carbocycles. The predicted octanol–water partition coefficient (Wildman–Crippen LogP) is 4.33. The lowest BCUT2D eigenvalue weighted by atomic mass is 9.93. The fraction of sp³-hybridized carbons (Fsp3) is 0.263. The van der Waals surface area contributed by atoms with E-state index in [-0.39, 0.29) is 12.1 Å². The van der Waals surface area contributed by atoms with Crippen molar-refractivity contribution < 1.29 is 0 Å². The number of nitrogens with one attached hydrogen (secondary N) is 1. The molecule has 4 rings (SSSR count). The van der Waals surface area contributed by atoms with Gasteiger partial charge in [-0.3, -0.25) is 0 Å². The SMILES string of the molecule is CCc1ccc([C@H]2C[C@@H](c3cccc(Br)c3)n3nc(N)nc3N2)cc1. The zero-order valence-corrected chi connectivity index (χ0v) is 15.6. The summed E-state index contributed by atoms with van der Waals surface area (Å²) in [5.41, 5.74) is 9.65. The molecule has 1 aliphatic heterocycles. The lowest BCUT2D eigenvalue weighted by Gasteiger charge is -2.31. The summed E-state index contributed by atoms with van der Waals surface area (Å²) in [7, 11) is 0. The molecule has 0 radical (unpaired) electrons. The van der Waals surface area contributed by atoms with Gasteiger partial charge in [-0.05, 0) is 41.7 Å². The van der Waals surface area contributed by atoms with E-state index in [0.29, 0.717) is 5.95 Å². The van der Waals surface area contributed by atoms with Crippen molar-refractivity contribution in [2.75, 3.05) is 11.1 Å². The van der Waals surface area contributed by atoms with Crippen molar-refractivity contribution in [2.45, 2.75) is 31.8 Å². The van der Waals surface area contributed by atoms with Crippen molar-refractivity contribution >= 4 is 27.8 Å². The molecule has 2 atom stereocenters. The molecule has 1 aliphatic rings. The van der Waals surface area contributed by atoms with E-state index >= 15 is 0 Å². The Labute approximate surface area is 155 Å². The summed E-state index contributed by atoms with van der Waals surface area (Å²) < 4.78 is 2.95. The van der Waals surface area contributed by atoms with Gasteiger partial charge in [-0.2, -0.15) is 4.98 Å². The average Bonchev–Trinajstić information content (AvgIpc) is 3.01. The number of rotatable bonds is 3. The number of halogens is 1. The lowest BCUT2D eigenvalue weighted by molar-refractivity contribution is 0.431. The Morgan fingerprint density at radius 1 is 1.20 bits per heavy atom. The van der Waals surface area contributed by atoms with Gasteiger partial charge in [0.1, 0.15) is 0 Å². The number of hydrogen-bond donors (Lipinski definition) is 2. The summed E-state index contributed by atoms with van der Waals surface area (Å²) in [6.45, 7) is 2.17. The third-order valence-corrected chi connectivity index (χ3v) is 5.22. The molecule has 5 nitrogen and oxygen atoms in total. The highest BCUT2D eigenvalue weighted by Crippen LogP contribution is 2.38. The molecule has 2 heterocycles. The van der Waals surface area contributed by atoms with Gasteiger partial charge in [-0.1, -0.05) is 59.3 Å². The molecule has 25 heavy (non-hydrogen) atoms. The molecule has 0 aliphatic carbocycles. The number of benzene rings is 2. The zero-order chi connectivity index (χ0) is 17.4. The van der Waals surface area contributed by atoms with Crippen molar-refractivity contribution in [3.63, 3.8) is 0 Å². The Kier molecular flexibility index (Phi) is 4.21. The molecule has 0 unspecified atom stereocenters. The number of anilines is 2. The van der Waals surface area contributed by atoms with Crippen LogP contribution in [0.2, 0.25) is 0 Å². The monoisotopic (exact) mass is 397 g/mol. The first-order chi connectivity index (χ1) is 12.1. The molecule has 0 bridgehead atoms. The fourth-order valence-corrected chi connectivity index (χ4v) is 3.81. The molecule has 1 aromatic heterocycles. The summed E-state index contributed by atoms with van der Waals surface area (Å²) in [4.78, 5) is 4.37. The number of nitrogens with two attached hydrogens (primary N) is 1. The van der Waals surface area contributed by atoms with Gasteiger partial charge in [0, 0.05) is 4.47 Å². The lowest BCUT2D eigenvalue weighted by Crippen LogP contribution is -2.28. The van der Waals surface area contributed by atoms with E-state index in [4.69, 9.17) is 5.73 Å². The van der Waals surface area contributed by atoms with Crippen molar-refractivity contribution in [1.29, 1.82) is 0 Å². The second kappa shape index (κ2) is 6.52. The van der Waals surface area contributed by atoms with Crippen LogP contribution in [-0.4, -0.2) is 14.8 Å². The van der Waals surface area contributed by atoms with E-state index in [1.807, 2.05) is 16.8 Å². The molecule has 0 spiro atoms. The predicted molar refractivity (Wildman–Crippen MR) is 104 cm³/mol. The number of aromatic nitrogens is 3. The highest BCUT2D eigenvalue weighted by Gasteiger charge is 2.30. The normalized spacial score (nSPS) is 19.3. The average molecular weight is 398 g/mol. The maximum Gasteiger partial charge on any atom is 0.241 e. The van der Waals surface area contributed by atoms with Gasteiger partial charge in [0.15, 0.2) is 0 Å². The molecule has 3 aromatic rings. The van der Waals surface area contributed by atoms with Crippen molar-refractivity contribution in [1.82, 2.24) is 14.8 Å². The van der Waals surface area contributed by atoms with Gasteiger partial charge >= 0.3 is 0 Å². The van der Waals surface area contributed by atoms with Crippen LogP contribution in [0.3, 0.4) is 0 Å². The summed E-state index contributed by atoms with van der Waals surface area (Å²) in [5, 5.41) is 7.88. The smallest absolute Gasteiger partial charge is 0.241 e. The van der Waals surface area contributed by atoms with Crippen LogP contribution < -0.4 is 11.1 Å². The Hall–Kier alpha value is -2.34. The molecule has 3 N–H and O–H groups in total. The Morgan fingerprint density at radius 3 is 2.72 bits per heavy atom. The van der Waals surface area contributed by atoms with Gasteiger partial charge in [0.25, 0.3) is 0 Å². The maximum atomic E-state index is 5.86. The first-order valence-electron chi connectivity index (χ1n) is 8.47. The third kappa shape index (κ3) is 3.14. The zero-order valence-electron chi connectivity index (χ0n) is 14.0. The Bertz CT molecular complexity index is 887. The molecular formula is C19H20BrN5. The molecule has 0 fully saturated rings. The second-order valence-electron chi connectivity index (χ2n) is 6.34. The number of hydrogen-bond acceptors (Lipinski definition) is 4. The van der Waals surface area contributed by atoms with Crippen molar-refractivity contribution in [3.05, 3.63) is 69.7 Å². The van der Waals surface area contributed by atoms with Crippen LogP contribution in [0, 0.1) is 0 Å².